The van der Waals surface area contributed by atoms with Crippen molar-refractivity contribution < 1.29 is 4.79 Å². The molecule has 0 saturated carbocycles. The second kappa shape index (κ2) is 8.32. The number of rotatable bonds is 5. The van der Waals surface area contributed by atoms with Crippen molar-refractivity contribution in [3.63, 3.8) is 0 Å². The number of hydrogen-bond acceptors (Lipinski definition) is 4. The third-order valence-corrected chi connectivity index (χ3v) is 4.75. The number of benzene rings is 1. The van der Waals surface area contributed by atoms with E-state index in [1.54, 1.807) is 6.20 Å². The van der Waals surface area contributed by atoms with Gasteiger partial charge < -0.3 is 15.1 Å². The van der Waals surface area contributed by atoms with Crippen LogP contribution >= 0.6 is 11.6 Å². The lowest BCUT2D eigenvalue weighted by Gasteiger charge is -2.35. The molecule has 1 aliphatic rings. The van der Waals surface area contributed by atoms with Gasteiger partial charge in [-0.1, -0.05) is 29.8 Å². The van der Waals surface area contributed by atoms with Crippen LogP contribution in [0.5, 0.6) is 0 Å². The number of nitrogens with zero attached hydrogens (tertiary/aromatic N) is 3. The predicted molar refractivity (Wildman–Crippen MR) is 101 cm³/mol. The smallest absolute Gasteiger partial charge is 0.236 e. The van der Waals surface area contributed by atoms with Gasteiger partial charge in [0.1, 0.15) is 5.82 Å². The molecule has 1 amide bonds. The summed E-state index contributed by atoms with van der Waals surface area (Å²) in [5.41, 5.74) is 1.08. The van der Waals surface area contributed by atoms with Crippen molar-refractivity contribution in [2.75, 3.05) is 37.6 Å². The monoisotopic (exact) mass is 358 g/mol. The Balaban J connectivity index is 1.46. The highest BCUT2D eigenvalue weighted by molar-refractivity contribution is 6.30. The van der Waals surface area contributed by atoms with Crippen LogP contribution in [0.15, 0.2) is 48.7 Å². The maximum absolute atomic E-state index is 12.4. The minimum Gasteiger partial charge on any atom is -0.353 e. The quantitative estimate of drug-likeness (QED) is 0.892. The highest BCUT2D eigenvalue weighted by Crippen LogP contribution is 2.17. The molecule has 1 N–H and O–H groups in total. The number of aromatic nitrogens is 1. The molecule has 1 aromatic carbocycles. The van der Waals surface area contributed by atoms with Crippen LogP contribution in [0.3, 0.4) is 0 Å². The molecule has 3 rings (SSSR count). The number of pyridine rings is 1. The van der Waals surface area contributed by atoms with Gasteiger partial charge in [0, 0.05) is 43.4 Å². The van der Waals surface area contributed by atoms with Gasteiger partial charge in [0.25, 0.3) is 0 Å². The van der Waals surface area contributed by atoms with E-state index in [9.17, 15) is 4.79 Å². The van der Waals surface area contributed by atoms with Gasteiger partial charge >= 0.3 is 0 Å². The normalized spacial score (nSPS) is 15.9. The Labute approximate surface area is 153 Å². The minimum atomic E-state index is 0.0810. The van der Waals surface area contributed by atoms with Crippen LogP contribution in [0.25, 0.3) is 0 Å². The van der Waals surface area contributed by atoms with Crippen LogP contribution in [0.1, 0.15) is 18.5 Å². The van der Waals surface area contributed by atoms with E-state index in [0.29, 0.717) is 11.6 Å². The molecule has 1 fully saturated rings. The maximum Gasteiger partial charge on any atom is 0.236 e. The Bertz CT molecular complexity index is 702. The summed E-state index contributed by atoms with van der Waals surface area (Å²) in [5.74, 6) is 1.11. The summed E-state index contributed by atoms with van der Waals surface area (Å²) in [6.07, 6.45) is 1.80. The number of carbonyl (C=O) groups excluding carboxylic acids is 1. The number of nitrogens with one attached hydrogen (secondary N) is 1. The SMILES string of the molecule is C[C@H](NCC(=O)N1CCN(c2ccccn2)CC1)c1cccc(Cl)c1. The van der Waals surface area contributed by atoms with Crippen molar-refractivity contribution >= 4 is 23.3 Å². The van der Waals surface area contributed by atoms with Crippen LogP contribution in [0.2, 0.25) is 5.02 Å². The molecule has 1 atom stereocenters. The topological polar surface area (TPSA) is 48.5 Å². The number of amides is 1. The van der Waals surface area contributed by atoms with Crippen molar-refractivity contribution in [1.82, 2.24) is 15.2 Å². The first kappa shape index (κ1) is 17.7. The van der Waals surface area contributed by atoms with Gasteiger partial charge in [-0.2, -0.15) is 0 Å². The van der Waals surface area contributed by atoms with E-state index < -0.39 is 0 Å². The fraction of sp³-hybridized carbons (Fsp3) is 0.368. The first-order valence-corrected chi connectivity index (χ1v) is 8.94. The largest absolute Gasteiger partial charge is 0.353 e. The van der Waals surface area contributed by atoms with Crippen LogP contribution in [-0.4, -0.2) is 48.5 Å². The summed E-state index contributed by atoms with van der Waals surface area (Å²) in [7, 11) is 0. The average molecular weight is 359 g/mol. The van der Waals surface area contributed by atoms with Gasteiger partial charge in [-0.25, -0.2) is 4.98 Å². The third-order valence-electron chi connectivity index (χ3n) is 4.51. The third kappa shape index (κ3) is 4.71. The summed E-state index contributed by atoms with van der Waals surface area (Å²) in [6.45, 7) is 5.44. The molecule has 5 nitrogen and oxygen atoms in total. The molecule has 2 heterocycles. The molecule has 6 heteroatoms. The summed E-state index contributed by atoms with van der Waals surface area (Å²) in [5, 5.41) is 4.00. The standard InChI is InChI=1S/C19H23ClN4O/c1-15(16-5-4-6-17(20)13-16)22-14-19(25)24-11-9-23(10-12-24)18-7-2-3-8-21-18/h2-8,13,15,22H,9-12,14H2,1H3/t15-/m0/s1. The maximum atomic E-state index is 12.4. The van der Waals surface area contributed by atoms with Crippen molar-refractivity contribution in [1.29, 1.82) is 0 Å². The second-order valence-electron chi connectivity index (χ2n) is 6.21. The molecule has 1 aromatic heterocycles. The molecule has 0 unspecified atom stereocenters. The predicted octanol–water partition coefficient (Wildman–Crippen LogP) is 2.73. The first-order valence-electron chi connectivity index (χ1n) is 8.56. The average Bonchev–Trinajstić information content (AvgIpc) is 2.66. The molecule has 0 radical (unpaired) electrons. The Morgan fingerprint density at radius 2 is 2.00 bits per heavy atom. The van der Waals surface area contributed by atoms with Gasteiger partial charge in [-0.05, 0) is 36.8 Å². The molecule has 132 valence electrons. The molecule has 25 heavy (non-hydrogen) atoms. The number of piperazine rings is 1. The molecular formula is C19H23ClN4O. The zero-order valence-corrected chi connectivity index (χ0v) is 15.1. The van der Waals surface area contributed by atoms with Crippen molar-refractivity contribution in [3.8, 4) is 0 Å². The minimum absolute atomic E-state index is 0.0810. The van der Waals surface area contributed by atoms with E-state index >= 15 is 0 Å². The van der Waals surface area contributed by atoms with Gasteiger partial charge in [0.05, 0.1) is 6.54 Å². The fourth-order valence-electron chi connectivity index (χ4n) is 2.97. The van der Waals surface area contributed by atoms with Gasteiger partial charge in [-0.3, -0.25) is 4.79 Å². The Morgan fingerprint density at radius 1 is 1.20 bits per heavy atom. The fourth-order valence-corrected chi connectivity index (χ4v) is 3.17. The summed E-state index contributed by atoms with van der Waals surface area (Å²) in [6, 6.07) is 13.7. The molecule has 0 bridgehead atoms. The van der Waals surface area contributed by atoms with Gasteiger partial charge in [-0.15, -0.1) is 0 Å². The molecular weight excluding hydrogens is 336 g/mol. The van der Waals surface area contributed by atoms with E-state index in [1.165, 1.54) is 0 Å². The van der Waals surface area contributed by atoms with Crippen LogP contribution in [0.4, 0.5) is 5.82 Å². The van der Waals surface area contributed by atoms with Crippen LogP contribution in [-0.2, 0) is 4.79 Å². The zero-order valence-electron chi connectivity index (χ0n) is 14.4. The number of anilines is 1. The van der Waals surface area contributed by atoms with E-state index in [1.807, 2.05) is 54.3 Å². The van der Waals surface area contributed by atoms with E-state index in [0.717, 1.165) is 37.6 Å². The summed E-state index contributed by atoms with van der Waals surface area (Å²) >= 11 is 6.02. The highest BCUT2D eigenvalue weighted by Gasteiger charge is 2.21. The Kier molecular flexibility index (Phi) is 5.89. The second-order valence-corrected chi connectivity index (χ2v) is 6.65. The molecule has 2 aromatic rings. The molecule has 0 spiro atoms. The Morgan fingerprint density at radius 3 is 2.68 bits per heavy atom. The van der Waals surface area contributed by atoms with Crippen LogP contribution in [0, 0.1) is 0 Å². The van der Waals surface area contributed by atoms with E-state index in [2.05, 4.69) is 15.2 Å². The molecule has 1 saturated heterocycles. The lowest BCUT2D eigenvalue weighted by molar-refractivity contribution is -0.130. The number of carbonyl (C=O) groups is 1. The number of halogens is 1. The lowest BCUT2D eigenvalue weighted by atomic mass is 10.1. The van der Waals surface area contributed by atoms with E-state index in [-0.39, 0.29) is 11.9 Å². The number of hydrogen-bond donors (Lipinski definition) is 1. The van der Waals surface area contributed by atoms with Gasteiger partial charge in [0.2, 0.25) is 5.91 Å². The van der Waals surface area contributed by atoms with Crippen LogP contribution < -0.4 is 10.2 Å². The van der Waals surface area contributed by atoms with Crippen molar-refractivity contribution in [2.24, 2.45) is 0 Å². The first-order chi connectivity index (χ1) is 12.1. The highest BCUT2D eigenvalue weighted by atomic mass is 35.5. The molecule has 0 aliphatic carbocycles. The zero-order chi connectivity index (χ0) is 17.6. The van der Waals surface area contributed by atoms with Gasteiger partial charge in [0.15, 0.2) is 0 Å². The summed E-state index contributed by atoms with van der Waals surface area (Å²) in [4.78, 5) is 20.9. The van der Waals surface area contributed by atoms with Crippen molar-refractivity contribution in [3.05, 3.63) is 59.2 Å². The van der Waals surface area contributed by atoms with E-state index in [4.69, 9.17) is 11.6 Å². The molecule has 1 aliphatic heterocycles. The lowest BCUT2D eigenvalue weighted by Crippen LogP contribution is -2.51. The summed E-state index contributed by atoms with van der Waals surface area (Å²) < 4.78 is 0. The Hall–Kier alpha value is -2.11. The van der Waals surface area contributed by atoms with Crippen molar-refractivity contribution in [2.45, 2.75) is 13.0 Å².